The Balaban J connectivity index is 1.80. The standard InChI is InChI=1S/C53H69N15O12/c1-8-60-39(21-31(3)55)50(74)65-52-63-37-23-33(48(57)72)25-41(79-19-13-10-16-59-30-36(29-54)62-35(27-44(70)77-6)28-45(71)78-7)46(37)67(52)17-11-12-18-68-47-38(64-53(68)66-51(75)40(61-9-2)22-32(4)56)24-34(49(58)73)26-42(47)80-20-14-15-43(69)76-5/h10-13,21-26,29-30,35,62H,8-9,14-20,27-28,54-56H2,1-7H3,(H2,57,72)(H2,58,73)(H,63,65,74)(H,64,66,75)/b12-11+,13-10+,31-21-,32-22-,36-29+,59-30?,60-39?,61-40?. The van der Waals surface area contributed by atoms with Gasteiger partial charge in [0, 0.05) is 73.6 Å². The van der Waals surface area contributed by atoms with Crippen molar-refractivity contribution in [3.8, 4) is 11.5 Å². The van der Waals surface area contributed by atoms with Crippen LogP contribution in [0.2, 0.25) is 0 Å². The quantitative estimate of drug-likeness (QED) is 0.0118. The van der Waals surface area contributed by atoms with Crippen molar-refractivity contribution in [1.29, 1.82) is 0 Å². The number of methoxy groups -OCH3 is 3. The minimum absolute atomic E-state index is 0.00257. The third-order valence-corrected chi connectivity index (χ3v) is 11.0. The maximum absolute atomic E-state index is 13.9. The molecule has 2 heterocycles. The fourth-order valence-corrected chi connectivity index (χ4v) is 7.44. The highest BCUT2D eigenvalue weighted by Gasteiger charge is 2.24. The molecule has 0 aliphatic heterocycles. The van der Waals surface area contributed by atoms with Crippen molar-refractivity contribution in [2.24, 2.45) is 43.6 Å². The van der Waals surface area contributed by atoms with Gasteiger partial charge >= 0.3 is 17.9 Å². The molecule has 4 amide bonds. The third-order valence-electron chi connectivity index (χ3n) is 11.0. The number of esters is 3. The second-order valence-electron chi connectivity index (χ2n) is 17.2. The van der Waals surface area contributed by atoms with Gasteiger partial charge in [-0.3, -0.25) is 59.2 Å². The van der Waals surface area contributed by atoms with Gasteiger partial charge in [-0.1, -0.05) is 18.2 Å². The van der Waals surface area contributed by atoms with Gasteiger partial charge in [0.25, 0.3) is 11.8 Å². The summed E-state index contributed by atoms with van der Waals surface area (Å²) in [7, 11) is 3.73. The van der Waals surface area contributed by atoms with Crippen LogP contribution in [0.5, 0.6) is 11.5 Å². The molecule has 4 rings (SSSR count). The average Bonchev–Trinajstić information content (AvgIpc) is 3.95. The first-order valence-corrected chi connectivity index (χ1v) is 25.0. The zero-order valence-corrected chi connectivity index (χ0v) is 45.7. The first-order valence-electron chi connectivity index (χ1n) is 25.0. The van der Waals surface area contributed by atoms with Crippen molar-refractivity contribution in [1.82, 2.24) is 24.4 Å². The summed E-state index contributed by atoms with van der Waals surface area (Å²) in [6.07, 6.45) is 12.3. The number of rotatable bonds is 31. The monoisotopic (exact) mass is 1110 g/mol. The number of hydrogen-bond donors (Lipinski definition) is 8. The number of carbonyl (C=O) groups is 7. The second kappa shape index (κ2) is 31.4. The molecular weight excluding hydrogens is 1040 g/mol. The molecule has 27 heteroatoms. The molecule has 428 valence electrons. The van der Waals surface area contributed by atoms with Gasteiger partial charge in [-0.15, -0.1) is 0 Å². The van der Waals surface area contributed by atoms with Crippen LogP contribution in [-0.4, -0.2) is 138 Å². The highest BCUT2D eigenvalue weighted by atomic mass is 16.5. The maximum atomic E-state index is 13.9. The van der Waals surface area contributed by atoms with Gasteiger partial charge in [-0.2, -0.15) is 0 Å². The minimum atomic E-state index is -0.784. The highest BCUT2D eigenvalue weighted by Crippen LogP contribution is 2.33. The zero-order valence-electron chi connectivity index (χ0n) is 45.7. The summed E-state index contributed by atoms with van der Waals surface area (Å²) in [5.41, 5.74) is 31.5. The van der Waals surface area contributed by atoms with Gasteiger partial charge in [0.05, 0.1) is 64.1 Å². The number of benzene rings is 2. The Hall–Kier alpha value is -9.82. The molecule has 0 bridgehead atoms. The molecule has 80 heavy (non-hydrogen) atoms. The van der Waals surface area contributed by atoms with E-state index in [0.717, 1.165) is 0 Å². The molecule has 0 aliphatic rings. The Morgan fingerprint density at radius 1 is 0.662 bits per heavy atom. The molecule has 2 aromatic heterocycles. The van der Waals surface area contributed by atoms with E-state index in [-0.39, 0.29) is 129 Å². The summed E-state index contributed by atoms with van der Waals surface area (Å²) < 4.78 is 29.9. The van der Waals surface area contributed by atoms with E-state index in [4.69, 9.17) is 57.3 Å². The summed E-state index contributed by atoms with van der Waals surface area (Å²) in [5, 5.41) is 8.61. The Labute approximate surface area is 461 Å². The van der Waals surface area contributed by atoms with E-state index in [0.29, 0.717) is 28.1 Å². The lowest BCUT2D eigenvalue weighted by Gasteiger charge is -2.17. The van der Waals surface area contributed by atoms with Gasteiger partial charge in [-0.25, -0.2) is 9.97 Å². The molecular formula is C53H69N15O12. The largest absolute Gasteiger partial charge is 0.491 e. The lowest BCUT2D eigenvalue weighted by molar-refractivity contribution is -0.143. The van der Waals surface area contributed by atoms with Gasteiger partial charge in [-0.05, 0) is 76.6 Å². The van der Waals surface area contributed by atoms with Gasteiger partial charge in [0.1, 0.15) is 40.6 Å². The molecule has 13 N–H and O–H groups in total. The Bertz CT molecular complexity index is 3150. The van der Waals surface area contributed by atoms with E-state index >= 15 is 0 Å². The van der Waals surface area contributed by atoms with Crippen LogP contribution in [0.25, 0.3) is 22.1 Å². The number of anilines is 2. The average molecular weight is 1110 g/mol. The van der Waals surface area contributed by atoms with Crippen LogP contribution in [0.1, 0.15) is 74.1 Å². The van der Waals surface area contributed by atoms with Crippen LogP contribution in [0.3, 0.4) is 0 Å². The number of aliphatic imine (C=N–C) groups is 3. The van der Waals surface area contributed by atoms with Crippen molar-refractivity contribution < 1.29 is 57.2 Å². The predicted molar refractivity (Wildman–Crippen MR) is 302 cm³/mol. The number of aromatic nitrogens is 4. The number of fused-ring (bicyclic) bond motifs is 2. The van der Waals surface area contributed by atoms with Crippen LogP contribution in [0.15, 0.2) is 99.0 Å². The summed E-state index contributed by atoms with van der Waals surface area (Å²) in [6.45, 7) is 7.33. The number of allylic oxidation sites excluding steroid dienone is 5. The Morgan fingerprint density at radius 3 is 1.56 bits per heavy atom. The molecule has 0 fully saturated rings. The first kappa shape index (κ1) is 62.7. The van der Waals surface area contributed by atoms with Crippen LogP contribution in [-0.2, 0) is 51.3 Å². The molecule has 2 aromatic carbocycles. The minimum Gasteiger partial charge on any atom is -0.491 e. The zero-order chi connectivity index (χ0) is 58.9. The van der Waals surface area contributed by atoms with Gasteiger partial charge in [0.15, 0.2) is 0 Å². The smallest absolute Gasteiger partial charge is 0.307 e. The van der Waals surface area contributed by atoms with E-state index in [1.165, 1.54) is 70.2 Å². The number of imidazole rings is 2. The summed E-state index contributed by atoms with van der Waals surface area (Å²) in [6, 6.07) is 5.08. The number of nitrogens with zero attached hydrogens (tertiary/aromatic N) is 7. The number of nitrogens with one attached hydrogen (secondary N) is 3. The third kappa shape index (κ3) is 18.7. The summed E-state index contributed by atoms with van der Waals surface area (Å²) in [4.78, 5) is 111. The Kier molecular flexibility index (Phi) is 24.6. The van der Waals surface area contributed by atoms with Crippen LogP contribution in [0.4, 0.5) is 11.9 Å². The number of primary amides is 2. The number of amides is 4. The molecule has 0 saturated heterocycles. The SMILES string of the molecule is CCN=C(/C=C(/C)N)C(=O)Nc1nc2cc(C(N)=O)cc(OC/C=C/CN=C/C(=C\N)NC(CC(=O)OC)CC(=O)OC)c2n1C/C=C/Cn1c(NC(=O)C(/C=C(/C)N)=NCC)nc2cc(C(N)=O)cc(OCCCC(=O)OC)c21. The molecule has 0 saturated carbocycles. The van der Waals surface area contributed by atoms with Crippen LogP contribution < -0.4 is 54.1 Å². The van der Waals surface area contributed by atoms with Crippen molar-refractivity contribution in [3.63, 3.8) is 0 Å². The topological polar surface area (TPSA) is 405 Å². The highest BCUT2D eigenvalue weighted by molar-refractivity contribution is 6.47. The van der Waals surface area contributed by atoms with E-state index < -0.39 is 47.6 Å². The molecule has 0 atom stereocenters. The van der Waals surface area contributed by atoms with Crippen molar-refractivity contribution in [2.45, 2.75) is 72.5 Å². The normalized spacial score (nSPS) is 12.7. The fraction of sp³-hybridized carbons (Fsp3) is 0.358. The van der Waals surface area contributed by atoms with Crippen molar-refractivity contribution in [2.75, 3.05) is 64.8 Å². The van der Waals surface area contributed by atoms with Crippen LogP contribution in [0, 0.1) is 0 Å². The fourth-order valence-electron chi connectivity index (χ4n) is 7.44. The molecule has 0 spiro atoms. The molecule has 27 nitrogen and oxygen atoms in total. The van der Waals surface area contributed by atoms with Crippen molar-refractivity contribution in [3.05, 3.63) is 95.1 Å². The van der Waals surface area contributed by atoms with Crippen molar-refractivity contribution >= 4 is 93.1 Å². The molecule has 0 radical (unpaired) electrons. The molecule has 0 aliphatic carbocycles. The Morgan fingerprint density at radius 2 is 1.14 bits per heavy atom. The lowest BCUT2D eigenvalue weighted by atomic mass is 10.1. The lowest BCUT2D eigenvalue weighted by Crippen LogP contribution is -2.34. The van der Waals surface area contributed by atoms with E-state index in [9.17, 15) is 33.6 Å². The maximum Gasteiger partial charge on any atom is 0.307 e. The van der Waals surface area contributed by atoms with Gasteiger partial charge in [0.2, 0.25) is 23.7 Å². The predicted octanol–water partition coefficient (Wildman–Crippen LogP) is 2.59. The summed E-state index contributed by atoms with van der Waals surface area (Å²) >= 11 is 0. The number of ether oxygens (including phenoxy) is 5. The molecule has 0 unspecified atom stereocenters. The van der Waals surface area contributed by atoms with E-state index in [1.807, 2.05) is 0 Å². The number of carbonyl (C=O) groups excluding carboxylic acids is 7. The van der Waals surface area contributed by atoms with E-state index in [2.05, 4.69) is 35.9 Å². The number of hydrogen-bond acceptors (Lipinski definition) is 21. The van der Waals surface area contributed by atoms with Crippen LogP contribution >= 0.6 is 0 Å². The van der Waals surface area contributed by atoms with E-state index in [1.54, 1.807) is 61.1 Å². The first-order chi connectivity index (χ1) is 38.3. The second-order valence-corrected chi connectivity index (χ2v) is 17.2. The number of nitrogens with two attached hydrogens (primary N) is 5. The van der Waals surface area contributed by atoms with Gasteiger partial charge < -0.3 is 66.8 Å². The summed E-state index contributed by atoms with van der Waals surface area (Å²) in [5.74, 6) is -4.03. The molecule has 4 aromatic rings.